The van der Waals surface area contributed by atoms with Crippen LogP contribution in [0.4, 0.5) is 10.5 Å². The van der Waals surface area contributed by atoms with Gasteiger partial charge in [0.1, 0.15) is 5.60 Å². The number of hydrogen-bond acceptors (Lipinski definition) is 3. The highest BCUT2D eigenvalue weighted by Crippen LogP contribution is 2.23. The lowest BCUT2D eigenvalue weighted by Crippen LogP contribution is -2.29. The molecule has 0 bridgehead atoms. The van der Waals surface area contributed by atoms with E-state index in [2.05, 4.69) is 29.7 Å². The zero-order valence-electron chi connectivity index (χ0n) is 14.1. The summed E-state index contributed by atoms with van der Waals surface area (Å²) < 4.78 is 5.25. The van der Waals surface area contributed by atoms with Crippen molar-refractivity contribution in [3.05, 3.63) is 29.8 Å². The number of carbonyl (C=O) groups excluding carboxylic acids is 1. The average Bonchev–Trinajstić information content (AvgIpc) is 2.90. The third-order valence-electron chi connectivity index (χ3n) is 3.90. The van der Waals surface area contributed by atoms with Gasteiger partial charge in [-0.2, -0.15) is 0 Å². The molecule has 1 aromatic carbocycles. The standard InChI is InChI=1S/C18H28N2O2/c1-13(19-15-7-5-6-8-15)14-9-11-16(12-10-14)20-17(21)22-18(2,3)4/h9-13,15,19H,5-8H2,1-4H3,(H,20,21). The maximum atomic E-state index is 11.7. The molecule has 0 heterocycles. The Kier molecular flexibility index (Phi) is 5.46. The van der Waals surface area contributed by atoms with Crippen LogP contribution in [0.3, 0.4) is 0 Å². The molecule has 2 rings (SSSR count). The molecule has 1 amide bonds. The second-order valence-corrected chi connectivity index (χ2v) is 7.12. The molecule has 2 N–H and O–H groups in total. The number of nitrogens with one attached hydrogen (secondary N) is 2. The summed E-state index contributed by atoms with van der Waals surface area (Å²) >= 11 is 0. The van der Waals surface area contributed by atoms with Gasteiger partial charge in [0.2, 0.25) is 0 Å². The fourth-order valence-electron chi connectivity index (χ4n) is 2.82. The fourth-order valence-corrected chi connectivity index (χ4v) is 2.82. The van der Waals surface area contributed by atoms with E-state index in [0.29, 0.717) is 12.1 Å². The lowest BCUT2D eigenvalue weighted by molar-refractivity contribution is 0.0636. The first kappa shape index (κ1) is 16.8. The molecular weight excluding hydrogens is 276 g/mol. The van der Waals surface area contributed by atoms with Crippen molar-refractivity contribution in [3.8, 4) is 0 Å². The minimum absolute atomic E-state index is 0.332. The first-order valence-corrected chi connectivity index (χ1v) is 8.19. The second-order valence-electron chi connectivity index (χ2n) is 7.12. The van der Waals surface area contributed by atoms with E-state index in [1.807, 2.05) is 32.9 Å². The molecule has 1 aliphatic carbocycles. The van der Waals surface area contributed by atoms with Gasteiger partial charge in [0, 0.05) is 17.8 Å². The summed E-state index contributed by atoms with van der Waals surface area (Å²) in [6.07, 6.45) is 4.81. The molecule has 22 heavy (non-hydrogen) atoms. The molecule has 1 aliphatic rings. The maximum Gasteiger partial charge on any atom is 0.412 e. The third-order valence-corrected chi connectivity index (χ3v) is 3.90. The first-order valence-electron chi connectivity index (χ1n) is 8.19. The van der Waals surface area contributed by atoms with Crippen LogP contribution in [0, 0.1) is 0 Å². The van der Waals surface area contributed by atoms with Crippen molar-refractivity contribution in [3.63, 3.8) is 0 Å². The van der Waals surface area contributed by atoms with Crippen LogP contribution in [-0.2, 0) is 4.74 Å². The number of rotatable bonds is 4. The largest absolute Gasteiger partial charge is 0.444 e. The Balaban J connectivity index is 1.87. The van der Waals surface area contributed by atoms with Crippen molar-refractivity contribution in [2.45, 2.75) is 71.1 Å². The van der Waals surface area contributed by atoms with Gasteiger partial charge in [0.05, 0.1) is 0 Å². The molecule has 1 saturated carbocycles. The SMILES string of the molecule is CC(NC1CCCC1)c1ccc(NC(=O)OC(C)(C)C)cc1. The van der Waals surface area contributed by atoms with Crippen molar-refractivity contribution in [1.82, 2.24) is 5.32 Å². The van der Waals surface area contributed by atoms with E-state index >= 15 is 0 Å². The van der Waals surface area contributed by atoms with Gasteiger partial charge in [-0.1, -0.05) is 25.0 Å². The Hall–Kier alpha value is -1.55. The number of amides is 1. The van der Waals surface area contributed by atoms with Crippen LogP contribution in [0.15, 0.2) is 24.3 Å². The molecule has 1 atom stereocenters. The van der Waals surface area contributed by atoms with E-state index in [1.54, 1.807) is 0 Å². The molecule has 4 nitrogen and oxygen atoms in total. The average molecular weight is 304 g/mol. The molecular formula is C18H28N2O2. The molecule has 122 valence electrons. The fraction of sp³-hybridized carbons (Fsp3) is 0.611. The monoisotopic (exact) mass is 304 g/mol. The predicted octanol–water partition coefficient (Wildman–Crippen LogP) is 4.63. The van der Waals surface area contributed by atoms with Crippen LogP contribution in [0.1, 0.15) is 65.0 Å². The molecule has 0 radical (unpaired) electrons. The number of carbonyl (C=O) groups is 1. The number of hydrogen-bond donors (Lipinski definition) is 2. The van der Waals surface area contributed by atoms with Crippen molar-refractivity contribution in [1.29, 1.82) is 0 Å². The van der Waals surface area contributed by atoms with Crippen LogP contribution in [0.2, 0.25) is 0 Å². The van der Waals surface area contributed by atoms with E-state index in [0.717, 1.165) is 5.69 Å². The minimum atomic E-state index is -0.482. The van der Waals surface area contributed by atoms with Gasteiger partial charge in [-0.3, -0.25) is 5.32 Å². The highest BCUT2D eigenvalue weighted by atomic mass is 16.6. The van der Waals surface area contributed by atoms with Crippen LogP contribution >= 0.6 is 0 Å². The van der Waals surface area contributed by atoms with Crippen molar-refractivity contribution < 1.29 is 9.53 Å². The Morgan fingerprint density at radius 1 is 1.18 bits per heavy atom. The zero-order chi connectivity index (χ0) is 16.2. The van der Waals surface area contributed by atoms with E-state index in [1.165, 1.54) is 31.2 Å². The number of ether oxygens (including phenoxy) is 1. The molecule has 0 spiro atoms. The first-order chi connectivity index (χ1) is 10.3. The Morgan fingerprint density at radius 2 is 1.77 bits per heavy atom. The summed E-state index contributed by atoms with van der Waals surface area (Å²) in [6.45, 7) is 7.75. The summed E-state index contributed by atoms with van der Waals surface area (Å²) in [5.74, 6) is 0. The Bertz CT molecular complexity index is 485. The highest BCUT2D eigenvalue weighted by Gasteiger charge is 2.18. The van der Waals surface area contributed by atoms with Crippen LogP contribution < -0.4 is 10.6 Å². The Morgan fingerprint density at radius 3 is 2.32 bits per heavy atom. The van der Waals surface area contributed by atoms with Crippen LogP contribution in [0.25, 0.3) is 0 Å². The molecule has 0 aromatic heterocycles. The predicted molar refractivity (Wildman–Crippen MR) is 90.1 cm³/mol. The molecule has 1 fully saturated rings. The van der Waals surface area contributed by atoms with Gasteiger partial charge in [-0.25, -0.2) is 4.79 Å². The van der Waals surface area contributed by atoms with Crippen molar-refractivity contribution >= 4 is 11.8 Å². The third kappa shape index (κ3) is 5.34. The summed E-state index contributed by atoms with van der Waals surface area (Å²) in [6, 6.07) is 8.94. The van der Waals surface area contributed by atoms with E-state index in [9.17, 15) is 4.79 Å². The smallest absolute Gasteiger partial charge is 0.412 e. The molecule has 4 heteroatoms. The van der Waals surface area contributed by atoms with Gasteiger partial charge < -0.3 is 10.1 Å². The van der Waals surface area contributed by atoms with Crippen molar-refractivity contribution in [2.24, 2.45) is 0 Å². The van der Waals surface area contributed by atoms with Gasteiger partial charge in [0.25, 0.3) is 0 Å². The topological polar surface area (TPSA) is 50.4 Å². The lowest BCUT2D eigenvalue weighted by atomic mass is 10.1. The van der Waals surface area contributed by atoms with Gasteiger partial charge >= 0.3 is 6.09 Å². The normalized spacial score (nSPS) is 17.3. The number of anilines is 1. The van der Waals surface area contributed by atoms with Gasteiger partial charge in [-0.05, 0) is 58.2 Å². The minimum Gasteiger partial charge on any atom is -0.444 e. The van der Waals surface area contributed by atoms with Crippen LogP contribution in [0.5, 0.6) is 0 Å². The highest BCUT2D eigenvalue weighted by molar-refractivity contribution is 5.84. The zero-order valence-corrected chi connectivity index (χ0v) is 14.1. The molecule has 0 saturated heterocycles. The van der Waals surface area contributed by atoms with Gasteiger partial charge in [0.15, 0.2) is 0 Å². The summed E-state index contributed by atoms with van der Waals surface area (Å²) in [5.41, 5.74) is 1.51. The summed E-state index contributed by atoms with van der Waals surface area (Å²) in [4.78, 5) is 11.7. The molecule has 1 unspecified atom stereocenters. The lowest BCUT2D eigenvalue weighted by Gasteiger charge is -2.21. The Labute approximate surface area is 133 Å². The van der Waals surface area contributed by atoms with E-state index < -0.39 is 11.7 Å². The summed E-state index contributed by atoms with van der Waals surface area (Å²) in [7, 11) is 0. The van der Waals surface area contributed by atoms with Crippen molar-refractivity contribution in [2.75, 3.05) is 5.32 Å². The quantitative estimate of drug-likeness (QED) is 0.853. The van der Waals surface area contributed by atoms with E-state index in [4.69, 9.17) is 4.74 Å². The number of benzene rings is 1. The molecule has 1 aromatic rings. The maximum absolute atomic E-state index is 11.7. The summed E-state index contributed by atoms with van der Waals surface area (Å²) in [5, 5.41) is 6.43. The van der Waals surface area contributed by atoms with Crippen LogP contribution in [-0.4, -0.2) is 17.7 Å². The van der Waals surface area contributed by atoms with Gasteiger partial charge in [-0.15, -0.1) is 0 Å². The van der Waals surface area contributed by atoms with E-state index in [-0.39, 0.29) is 0 Å². The molecule has 0 aliphatic heterocycles. The second kappa shape index (κ2) is 7.14.